The van der Waals surface area contributed by atoms with E-state index in [4.69, 9.17) is 11.6 Å². The minimum Gasteiger partial charge on any atom is -0.466 e. The van der Waals surface area contributed by atoms with Crippen LogP contribution < -0.4 is 0 Å². The van der Waals surface area contributed by atoms with Crippen LogP contribution in [0, 0.1) is 0 Å². The van der Waals surface area contributed by atoms with Crippen LogP contribution >= 0.6 is 11.6 Å². The molecule has 0 aromatic rings. The molecule has 0 spiro atoms. The summed E-state index contributed by atoms with van der Waals surface area (Å²) in [5.41, 5.74) is 0. The van der Waals surface area contributed by atoms with Crippen molar-refractivity contribution >= 4 is 23.9 Å². The summed E-state index contributed by atoms with van der Waals surface area (Å²) in [6.07, 6.45) is 1.86. The zero-order valence-corrected chi connectivity index (χ0v) is 7.13. The molecule has 0 radical (unpaired) electrons. The van der Waals surface area contributed by atoms with Gasteiger partial charge in [-0.25, -0.2) is 0 Å². The molecule has 0 heterocycles. The van der Waals surface area contributed by atoms with Crippen LogP contribution in [0.4, 0.5) is 0 Å². The second-order valence-corrected chi connectivity index (χ2v) is 2.69. The second-order valence-electron chi connectivity index (χ2n) is 2.13. The van der Waals surface area contributed by atoms with E-state index < -0.39 is 5.38 Å². The van der Waals surface area contributed by atoms with E-state index >= 15 is 0 Å². The monoisotopic (exact) mass is 178 g/mol. The maximum atomic E-state index is 10.2. The molecule has 1 atom stereocenters. The average Bonchev–Trinajstić information content (AvgIpc) is 1.97. The SMILES string of the molecule is CC(=O)OCCC[C@H](Cl)C=O. The first-order valence-corrected chi connectivity index (χ1v) is 3.83. The fourth-order valence-corrected chi connectivity index (χ4v) is 0.717. The number of hydrogen-bond acceptors (Lipinski definition) is 3. The average molecular weight is 179 g/mol. The van der Waals surface area contributed by atoms with Crippen LogP contribution in [-0.4, -0.2) is 24.2 Å². The molecule has 0 rings (SSSR count). The molecule has 4 heteroatoms. The molecule has 0 saturated carbocycles. The Morgan fingerprint density at radius 3 is 2.82 bits per heavy atom. The highest BCUT2D eigenvalue weighted by atomic mass is 35.5. The van der Waals surface area contributed by atoms with E-state index in [0.717, 1.165) is 0 Å². The number of esters is 1. The molecule has 0 aliphatic heterocycles. The minimum absolute atomic E-state index is 0.303. The normalized spacial score (nSPS) is 12.2. The number of hydrogen-bond donors (Lipinski definition) is 0. The summed E-state index contributed by atoms with van der Waals surface area (Å²) in [5, 5.41) is -0.453. The first-order valence-electron chi connectivity index (χ1n) is 3.39. The van der Waals surface area contributed by atoms with E-state index in [1.165, 1.54) is 6.92 Å². The van der Waals surface area contributed by atoms with E-state index in [0.29, 0.717) is 25.7 Å². The molecule has 64 valence electrons. The molecule has 0 aliphatic rings. The second kappa shape index (κ2) is 6.16. The van der Waals surface area contributed by atoms with Gasteiger partial charge in [-0.15, -0.1) is 11.6 Å². The van der Waals surface area contributed by atoms with Crippen molar-refractivity contribution in [1.29, 1.82) is 0 Å². The van der Waals surface area contributed by atoms with Gasteiger partial charge in [0.15, 0.2) is 0 Å². The first kappa shape index (κ1) is 10.4. The lowest BCUT2D eigenvalue weighted by atomic mass is 10.2. The molecule has 11 heavy (non-hydrogen) atoms. The van der Waals surface area contributed by atoms with Crippen LogP contribution in [0.5, 0.6) is 0 Å². The van der Waals surface area contributed by atoms with Crippen LogP contribution in [0.15, 0.2) is 0 Å². The van der Waals surface area contributed by atoms with Gasteiger partial charge in [0.1, 0.15) is 6.29 Å². The summed E-state index contributed by atoms with van der Waals surface area (Å²) in [6.45, 7) is 1.68. The molecule has 0 fully saturated rings. The van der Waals surface area contributed by atoms with Crippen LogP contribution in [-0.2, 0) is 14.3 Å². The van der Waals surface area contributed by atoms with Gasteiger partial charge in [0, 0.05) is 6.92 Å². The summed E-state index contributed by atoms with van der Waals surface area (Å²) in [4.78, 5) is 20.2. The van der Waals surface area contributed by atoms with E-state index in [9.17, 15) is 9.59 Å². The van der Waals surface area contributed by atoms with Crippen molar-refractivity contribution in [3.05, 3.63) is 0 Å². The van der Waals surface area contributed by atoms with Crippen molar-refractivity contribution in [2.45, 2.75) is 25.1 Å². The highest BCUT2D eigenvalue weighted by Gasteiger charge is 2.01. The van der Waals surface area contributed by atoms with Crippen LogP contribution in [0.1, 0.15) is 19.8 Å². The van der Waals surface area contributed by atoms with Crippen LogP contribution in [0.2, 0.25) is 0 Å². The van der Waals surface area contributed by atoms with Crippen molar-refractivity contribution in [2.24, 2.45) is 0 Å². The van der Waals surface area contributed by atoms with Crippen molar-refractivity contribution in [3.8, 4) is 0 Å². The Morgan fingerprint density at radius 1 is 1.73 bits per heavy atom. The first-order chi connectivity index (χ1) is 5.16. The van der Waals surface area contributed by atoms with Gasteiger partial charge in [0.25, 0.3) is 0 Å². The highest BCUT2D eigenvalue weighted by Crippen LogP contribution is 2.01. The number of halogens is 1. The molecule has 0 bridgehead atoms. The summed E-state index contributed by atoms with van der Waals surface area (Å²) < 4.78 is 4.62. The van der Waals surface area contributed by atoms with Gasteiger partial charge in [-0.1, -0.05) is 0 Å². The van der Waals surface area contributed by atoms with Gasteiger partial charge in [0.2, 0.25) is 0 Å². The number of rotatable bonds is 5. The third-order valence-electron chi connectivity index (χ3n) is 1.08. The van der Waals surface area contributed by atoms with Crippen molar-refractivity contribution in [3.63, 3.8) is 0 Å². The van der Waals surface area contributed by atoms with Crippen LogP contribution in [0.25, 0.3) is 0 Å². The molecule has 0 unspecified atom stereocenters. The lowest BCUT2D eigenvalue weighted by Gasteiger charge is -2.01. The molecule has 0 aromatic heterocycles. The largest absolute Gasteiger partial charge is 0.466 e. The minimum atomic E-state index is -0.453. The molecule has 0 amide bonds. The van der Waals surface area contributed by atoms with Gasteiger partial charge in [-0.05, 0) is 12.8 Å². The maximum absolute atomic E-state index is 10.2. The van der Waals surface area contributed by atoms with Crippen molar-refractivity contribution in [1.82, 2.24) is 0 Å². The number of carbonyl (C=O) groups is 2. The summed E-state index contributed by atoms with van der Waals surface area (Å²) in [6, 6.07) is 0. The Balaban J connectivity index is 3.14. The molecule has 0 N–H and O–H groups in total. The smallest absolute Gasteiger partial charge is 0.302 e. The third kappa shape index (κ3) is 7.33. The van der Waals surface area contributed by atoms with Crippen LogP contribution in [0.3, 0.4) is 0 Å². The Kier molecular flexibility index (Phi) is 5.84. The van der Waals surface area contributed by atoms with Gasteiger partial charge < -0.3 is 9.53 Å². The van der Waals surface area contributed by atoms with Crippen molar-refractivity contribution in [2.75, 3.05) is 6.61 Å². The number of ether oxygens (including phenoxy) is 1. The quantitative estimate of drug-likeness (QED) is 0.274. The summed E-state index contributed by atoms with van der Waals surface area (Å²) in [5.74, 6) is -0.303. The molecular weight excluding hydrogens is 168 g/mol. The van der Waals surface area contributed by atoms with E-state index in [-0.39, 0.29) is 5.97 Å². The Bertz CT molecular complexity index is 136. The van der Waals surface area contributed by atoms with Gasteiger partial charge in [-0.2, -0.15) is 0 Å². The zero-order valence-electron chi connectivity index (χ0n) is 6.38. The number of carbonyl (C=O) groups excluding carboxylic acids is 2. The number of alkyl halides is 1. The van der Waals surface area contributed by atoms with Gasteiger partial charge in [-0.3, -0.25) is 4.79 Å². The molecule has 3 nitrogen and oxygen atoms in total. The highest BCUT2D eigenvalue weighted by molar-refractivity contribution is 6.27. The standard InChI is InChI=1S/C7H11ClO3/c1-6(10)11-4-2-3-7(8)5-9/h5,7H,2-4H2,1H3/t7-/m0/s1. The summed E-state index contributed by atoms with van der Waals surface area (Å²) >= 11 is 5.47. The lowest BCUT2D eigenvalue weighted by Crippen LogP contribution is -2.05. The Morgan fingerprint density at radius 2 is 2.36 bits per heavy atom. The van der Waals surface area contributed by atoms with E-state index in [2.05, 4.69) is 4.74 Å². The Hall–Kier alpha value is -0.570. The summed E-state index contributed by atoms with van der Waals surface area (Å²) in [7, 11) is 0. The van der Waals surface area contributed by atoms with Gasteiger partial charge in [0.05, 0.1) is 12.0 Å². The molecule has 0 aromatic carbocycles. The number of aldehydes is 1. The molecule has 0 aliphatic carbocycles. The fourth-order valence-electron chi connectivity index (χ4n) is 0.562. The third-order valence-corrected chi connectivity index (χ3v) is 1.40. The van der Waals surface area contributed by atoms with E-state index in [1.54, 1.807) is 0 Å². The predicted molar refractivity (Wildman–Crippen MR) is 41.6 cm³/mol. The predicted octanol–water partition coefficient (Wildman–Crippen LogP) is 1.14. The maximum Gasteiger partial charge on any atom is 0.302 e. The zero-order chi connectivity index (χ0) is 8.69. The molecule has 0 saturated heterocycles. The fraction of sp³-hybridized carbons (Fsp3) is 0.714. The van der Waals surface area contributed by atoms with Crippen molar-refractivity contribution < 1.29 is 14.3 Å². The topological polar surface area (TPSA) is 43.4 Å². The molecular formula is C7H11ClO3. The van der Waals surface area contributed by atoms with E-state index in [1.807, 2.05) is 0 Å². The van der Waals surface area contributed by atoms with Gasteiger partial charge >= 0.3 is 5.97 Å². The Labute approximate surface area is 70.7 Å². The lowest BCUT2D eigenvalue weighted by molar-refractivity contribution is -0.141.